The number of nitrogens with zero attached hydrogens (tertiary/aromatic N) is 4. The highest BCUT2D eigenvalue weighted by molar-refractivity contribution is 6.52. The molecule has 2 aromatic carbocycles. The van der Waals surface area contributed by atoms with Gasteiger partial charge in [0.2, 0.25) is 0 Å². The van der Waals surface area contributed by atoms with Gasteiger partial charge in [0.25, 0.3) is 11.7 Å². The number of ether oxygens (including phenoxy) is 1. The fourth-order valence-corrected chi connectivity index (χ4v) is 4.18. The number of carbonyl (C=O) groups excluding carboxylic acids is 3. The average molecular weight is 494 g/mol. The van der Waals surface area contributed by atoms with E-state index in [2.05, 4.69) is 10.3 Å². The van der Waals surface area contributed by atoms with Crippen LogP contribution in [0.4, 0.5) is 5.69 Å². The molecule has 0 unspecified atom stereocenters. The molecule has 0 bridgehead atoms. The third-order valence-corrected chi connectivity index (χ3v) is 6.12. The number of hydrogen-bond donors (Lipinski definition) is 0. The predicted octanol–water partition coefficient (Wildman–Crippen LogP) is 3.93. The van der Waals surface area contributed by atoms with E-state index in [1.807, 2.05) is 44.7 Å². The van der Waals surface area contributed by atoms with Gasteiger partial charge in [-0.25, -0.2) is 0 Å². The summed E-state index contributed by atoms with van der Waals surface area (Å²) < 4.78 is 7.48. The topological polar surface area (TPSA) is 94.4 Å². The van der Waals surface area contributed by atoms with Crippen LogP contribution in [0.15, 0.2) is 60.8 Å². The molecule has 1 saturated carbocycles. The number of carbonyl (C=O) groups is 3. The van der Waals surface area contributed by atoms with Gasteiger partial charge < -0.3 is 9.64 Å². The maximum Gasteiger partial charge on any atom is 0.299 e. The van der Waals surface area contributed by atoms with Crippen molar-refractivity contribution in [3.05, 3.63) is 115 Å². The Labute approximate surface area is 215 Å². The van der Waals surface area contributed by atoms with Crippen LogP contribution in [0.5, 0.6) is 5.75 Å². The van der Waals surface area contributed by atoms with Crippen molar-refractivity contribution < 1.29 is 19.1 Å². The zero-order valence-electron chi connectivity index (χ0n) is 20.3. The first kappa shape index (κ1) is 24.6. The van der Waals surface area contributed by atoms with Gasteiger partial charge >= 0.3 is 0 Å². The Bertz CT molecular complexity index is 1340. The van der Waals surface area contributed by atoms with E-state index in [-0.39, 0.29) is 12.4 Å². The van der Waals surface area contributed by atoms with Crippen molar-refractivity contribution in [3.8, 4) is 5.75 Å². The zero-order valence-corrected chi connectivity index (χ0v) is 20.3. The van der Waals surface area contributed by atoms with Gasteiger partial charge in [-0.15, -0.1) is 5.10 Å². The summed E-state index contributed by atoms with van der Waals surface area (Å²) in [7, 11) is 0. The van der Waals surface area contributed by atoms with Gasteiger partial charge in [-0.3, -0.25) is 19.1 Å². The molecule has 185 valence electrons. The number of anilines is 1. The summed E-state index contributed by atoms with van der Waals surface area (Å²) in [6.07, 6.45) is 13.5. The normalized spacial score (nSPS) is 15.6. The molecule has 1 fully saturated rings. The largest absolute Gasteiger partial charge is 0.487 e. The summed E-state index contributed by atoms with van der Waals surface area (Å²) in [5.74, 6) is 0.595. The minimum Gasteiger partial charge on any atom is -0.487 e. The Morgan fingerprint density at radius 3 is 2.59 bits per heavy atom. The molecule has 0 N–H and O–H groups in total. The van der Waals surface area contributed by atoms with Crippen LogP contribution in [0.1, 0.15) is 38.4 Å². The summed E-state index contributed by atoms with van der Waals surface area (Å²) in [6.45, 7) is 3.09. The molecule has 8 heteroatoms. The molecule has 1 aliphatic heterocycles. The molecule has 37 heavy (non-hydrogen) atoms. The number of hydrogen-bond acceptors (Lipinski definition) is 6. The summed E-state index contributed by atoms with van der Waals surface area (Å²) in [5.41, 5.74) is 3.32. The van der Waals surface area contributed by atoms with Crippen LogP contribution < -0.4 is 9.64 Å². The van der Waals surface area contributed by atoms with Crippen molar-refractivity contribution in [3.63, 3.8) is 0 Å². The highest BCUT2D eigenvalue weighted by atomic mass is 16.5. The van der Waals surface area contributed by atoms with E-state index in [0.717, 1.165) is 11.5 Å². The zero-order chi connectivity index (χ0) is 25.8. The van der Waals surface area contributed by atoms with Crippen LogP contribution in [-0.2, 0) is 17.9 Å². The number of ketones is 2. The smallest absolute Gasteiger partial charge is 0.299 e. The molecule has 2 heterocycles. The summed E-state index contributed by atoms with van der Waals surface area (Å²) in [4.78, 5) is 38.5. The van der Waals surface area contributed by atoms with Crippen molar-refractivity contribution >= 4 is 23.2 Å². The second-order valence-corrected chi connectivity index (χ2v) is 8.86. The first-order valence-corrected chi connectivity index (χ1v) is 12.0. The SMILES string of the molecule is Cc1ccc2c(c1)C(=O)C(=O)N2CCCn1cc(COc2ccc(C(=O)/C=C/[C]3[CH][CH][CH][CH]3)cc2)nn1. The standard InChI is InChI=1S/C29H25N4O4/c1-20-7-13-26-25(17-20)28(35)29(36)33(26)16-4-15-32-18-23(30-31-32)19-37-24-11-9-22(10-12-24)27(34)14-8-21-5-2-3-6-21/h2-3,5-14,17-18H,4,15-16,19H2,1H3/b14-8+. The second-order valence-electron chi connectivity index (χ2n) is 8.86. The van der Waals surface area contributed by atoms with Crippen LogP contribution in [0.25, 0.3) is 0 Å². The molecule has 0 saturated heterocycles. The molecule has 0 atom stereocenters. The summed E-state index contributed by atoms with van der Waals surface area (Å²) in [6, 6.07) is 12.4. The van der Waals surface area contributed by atoms with Crippen LogP contribution >= 0.6 is 0 Å². The van der Waals surface area contributed by atoms with Crippen molar-refractivity contribution in [2.45, 2.75) is 26.5 Å². The molecule has 8 nitrogen and oxygen atoms in total. The minimum atomic E-state index is -0.487. The monoisotopic (exact) mass is 493 g/mol. The van der Waals surface area contributed by atoms with Gasteiger partial charge in [0.1, 0.15) is 18.1 Å². The van der Waals surface area contributed by atoms with E-state index in [9.17, 15) is 14.4 Å². The minimum absolute atomic E-state index is 0.0747. The lowest BCUT2D eigenvalue weighted by Gasteiger charge is -2.16. The van der Waals surface area contributed by atoms with Gasteiger partial charge in [0.15, 0.2) is 5.78 Å². The maximum absolute atomic E-state index is 12.4. The molecular weight excluding hydrogens is 468 g/mol. The molecule has 1 aliphatic carbocycles. The Morgan fingerprint density at radius 2 is 1.81 bits per heavy atom. The van der Waals surface area contributed by atoms with Gasteiger partial charge in [-0.1, -0.05) is 22.9 Å². The van der Waals surface area contributed by atoms with Crippen LogP contribution in [0.3, 0.4) is 0 Å². The highest BCUT2D eigenvalue weighted by Gasteiger charge is 2.35. The number of aryl methyl sites for hydroxylation is 2. The van der Waals surface area contributed by atoms with Gasteiger partial charge in [-0.05, 0) is 81.5 Å². The Hall–Kier alpha value is -4.07. The van der Waals surface area contributed by atoms with Crippen LogP contribution in [0.2, 0.25) is 0 Å². The maximum atomic E-state index is 12.4. The van der Waals surface area contributed by atoms with Crippen molar-refractivity contribution in [2.75, 3.05) is 11.4 Å². The number of Topliss-reactive ketones (excluding diaryl/α,β-unsaturated/α-hetero) is 1. The van der Waals surface area contributed by atoms with Crippen LogP contribution in [-0.4, -0.2) is 39.0 Å². The van der Waals surface area contributed by atoms with E-state index < -0.39 is 11.7 Å². The lowest BCUT2D eigenvalue weighted by molar-refractivity contribution is -0.114. The number of fused-ring (bicyclic) bond motifs is 1. The first-order valence-electron chi connectivity index (χ1n) is 12.0. The molecule has 5 rings (SSSR count). The van der Waals surface area contributed by atoms with Crippen LogP contribution in [0, 0.1) is 38.5 Å². The lowest BCUT2D eigenvalue weighted by Crippen LogP contribution is -2.31. The molecule has 5 radical (unpaired) electrons. The van der Waals surface area contributed by atoms with Crippen molar-refractivity contribution in [1.29, 1.82) is 0 Å². The number of allylic oxidation sites excluding steroid dienone is 2. The van der Waals surface area contributed by atoms with Gasteiger partial charge in [0, 0.05) is 24.6 Å². The third-order valence-electron chi connectivity index (χ3n) is 6.12. The molecule has 2 aliphatic rings. The third kappa shape index (κ3) is 5.69. The Morgan fingerprint density at radius 1 is 1.03 bits per heavy atom. The molecule has 3 aromatic rings. The van der Waals surface area contributed by atoms with E-state index in [4.69, 9.17) is 4.74 Å². The molecular formula is C29H25N4O4. The fraction of sp³-hybridized carbons (Fsp3) is 0.172. The number of benzene rings is 2. The summed E-state index contributed by atoms with van der Waals surface area (Å²) in [5, 5.41) is 8.26. The highest BCUT2D eigenvalue weighted by Crippen LogP contribution is 2.30. The molecule has 1 amide bonds. The van der Waals surface area contributed by atoms with E-state index in [1.54, 1.807) is 53.4 Å². The van der Waals surface area contributed by atoms with Gasteiger partial charge in [0.05, 0.1) is 17.4 Å². The predicted molar refractivity (Wildman–Crippen MR) is 137 cm³/mol. The first-order chi connectivity index (χ1) is 18.0. The van der Waals surface area contributed by atoms with E-state index in [0.29, 0.717) is 47.8 Å². The van der Waals surface area contributed by atoms with E-state index >= 15 is 0 Å². The fourth-order valence-electron chi connectivity index (χ4n) is 4.18. The summed E-state index contributed by atoms with van der Waals surface area (Å²) >= 11 is 0. The Kier molecular flexibility index (Phi) is 7.25. The van der Waals surface area contributed by atoms with Crippen molar-refractivity contribution in [2.24, 2.45) is 0 Å². The number of aromatic nitrogens is 3. The molecule has 0 spiro atoms. The molecule has 1 aromatic heterocycles. The second kappa shape index (κ2) is 10.9. The quantitative estimate of drug-likeness (QED) is 0.241. The van der Waals surface area contributed by atoms with Crippen molar-refractivity contribution in [1.82, 2.24) is 15.0 Å². The number of rotatable bonds is 10. The van der Waals surface area contributed by atoms with E-state index in [1.165, 1.54) is 4.90 Å². The van der Waals surface area contributed by atoms with Gasteiger partial charge in [-0.2, -0.15) is 0 Å². The number of amides is 1. The lowest BCUT2D eigenvalue weighted by atomic mass is 10.1. The average Bonchev–Trinajstić information content (AvgIpc) is 3.64. The Balaban J connectivity index is 1.09.